The van der Waals surface area contributed by atoms with Gasteiger partial charge in [-0.05, 0) is 18.6 Å². The van der Waals surface area contributed by atoms with Crippen molar-refractivity contribution in [2.75, 3.05) is 0 Å². The molecule has 0 amide bonds. The first-order chi connectivity index (χ1) is 5.81. The summed E-state index contributed by atoms with van der Waals surface area (Å²) in [6.07, 6.45) is 4.17. The average Bonchev–Trinajstić information content (AvgIpc) is 2.50. The molecule has 2 rings (SSSR count). The van der Waals surface area contributed by atoms with Crippen molar-refractivity contribution >= 4 is 5.52 Å². The van der Waals surface area contributed by atoms with Gasteiger partial charge in [-0.2, -0.15) is 0 Å². The number of imidazole rings is 1. The molecule has 0 N–H and O–H groups in total. The molecule has 0 atom stereocenters. The van der Waals surface area contributed by atoms with E-state index in [2.05, 4.69) is 4.98 Å². The number of aromatic nitrogens is 2. The van der Waals surface area contributed by atoms with Gasteiger partial charge >= 0.3 is 0 Å². The number of hydrogen-bond donors (Lipinski definition) is 0. The van der Waals surface area contributed by atoms with Crippen molar-refractivity contribution in [1.82, 2.24) is 9.38 Å². The van der Waals surface area contributed by atoms with E-state index in [1.807, 2.05) is 11.3 Å². The van der Waals surface area contributed by atoms with E-state index in [9.17, 15) is 4.39 Å². The van der Waals surface area contributed by atoms with Gasteiger partial charge in [-0.15, -0.1) is 0 Å². The van der Waals surface area contributed by atoms with Gasteiger partial charge in [0.1, 0.15) is 5.82 Å². The van der Waals surface area contributed by atoms with E-state index >= 15 is 0 Å². The Bertz CT molecular complexity index is 406. The predicted molar refractivity (Wildman–Crippen MR) is 44.5 cm³/mol. The van der Waals surface area contributed by atoms with E-state index in [1.54, 1.807) is 12.5 Å². The van der Waals surface area contributed by atoms with Crippen LogP contribution in [-0.2, 0) is 6.42 Å². The van der Waals surface area contributed by atoms with Crippen molar-refractivity contribution < 1.29 is 4.39 Å². The van der Waals surface area contributed by atoms with Crippen LogP contribution in [0.25, 0.3) is 5.52 Å². The fourth-order valence-electron chi connectivity index (χ4n) is 1.34. The maximum absolute atomic E-state index is 12.9. The van der Waals surface area contributed by atoms with Crippen LogP contribution < -0.4 is 0 Å². The summed E-state index contributed by atoms with van der Waals surface area (Å²) >= 11 is 0. The second kappa shape index (κ2) is 2.59. The van der Waals surface area contributed by atoms with Crippen molar-refractivity contribution in [2.45, 2.75) is 13.3 Å². The molecule has 0 bridgehead atoms. The van der Waals surface area contributed by atoms with Gasteiger partial charge in [0.15, 0.2) is 0 Å². The lowest BCUT2D eigenvalue weighted by Gasteiger charge is -2.01. The summed E-state index contributed by atoms with van der Waals surface area (Å²) in [7, 11) is 0. The van der Waals surface area contributed by atoms with Crippen LogP contribution in [0.5, 0.6) is 0 Å². The minimum atomic E-state index is -0.195. The maximum Gasteiger partial charge on any atom is 0.127 e. The molecule has 2 nitrogen and oxygen atoms in total. The fraction of sp³-hybridized carbons (Fsp3) is 0.222. The molecule has 2 aromatic heterocycles. The summed E-state index contributed by atoms with van der Waals surface area (Å²) in [6, 6.07) is 3.01. The van der Waals surface area contributed by atoms with Crippen LogP contribution in [-0.4, -0.2) is 9.38 Å². The van der Waals surface area contributed by atoms with E-state index in [0.29, 0.717) is 0 Å². The quantitative estimate of drug-likeness (QED) is 0.630. The Balaban J connectivity index is 2.80. The minimum absolute atomic E-state index is 0.195. The smallest absolute Gasteiger partial charge is 0.127 e. The zero-order chi connectivity index (χ0) is 8.55. The highest BCUT2D eigenvalue weighted by atomic mass is 19.1. The summed E-state index contributed by atoms with van der Waals surface area (Å²) in [5.74, 6) is -0.195. The van der Waals surface area contributed by atoms with Gasteiger partial charge in [-0.3, -0.25) is 0 Å². The molecule has 0 aliphatic rings. The summed E-state index contributed by atoms with van der Waals surface area (Å²) in [5.41, 5.74) is 1.76. The highest BCUT2D eigenvalue weighted by Crippen LogP contribution is 2.10. The summed E-state index contributed by atoms with van der Waals surface area (Å²) in [4.78, 5) is 3.95. The highest BCUT2D eigenvalue weighted by molar-refractivity contribution is 5.46. The Labute approximate surface area is 69.7 Å². The largest absolute Gasteiger partial charge is 0.303 e. The van der Waals surface area contributed by atoms with Crippen LogP contribution in [0.3, 0.4) is 0 Å². The third-order valence-electron chi connectivity index (χ3n) is 1.93. The third-order valence-corrected chi connectivity index (χ3v) is 1.93. The average molecular weight is 164 g/mol. The molecule has 0 aliphatic heterocycles. The van der Waals surface area contributed by atoms with Gasteiger partial charge in [0, 0.05) is 5.69 Å². The number of nitrogens with zero attached hydrogens (tertiary/aromatic N) is 2. The normalized spacial score (nSPS) is 10.8. The zero-order valence-corrected chi connectivity index (χ0v) is 6.79. The first-order valence-corrected chi connectivity index (χ1v) is 3.91. The van der Waals surface area contributed by atoms with E-state index < -0.39 is 0 Å². The lowest BCUT2D eigenvalue weighted by Crippen LogP contribution is -1.94. The second-order valence-electron chi connectivity index (χ2n) is 2.71. The first kappa shape index (κ1) is 7.28. The van der Waals surface area contributed by atoms with E-state index in [4.69, 9.17) is 0 Å². The van der Waals surface area contributed by atoms with Crippen molar-refractivity contribution in [3.63, 3.8) is 0 Å². The molecular formula is C9H9FN2. The number of aryl methyl sites for hydroxylation is 1. The van der Waals surface area contributed by atoms with E-state index in [1.165, 1.54) is 12.1 Å². The van der Waals surface area contributed by atoms with Crippen LogP contribution >= 0.6 is 0 Å². The number of hydrogen-bond acceptors (Lipinski definition) is 1. The van der Waals surface area contributed by atoms with Gasteiger partial charge in [0.05, 0.1) is 18.0 Å². The number of rotatable bonds is 1. The topological polar surface area (TPSA) is 17.3 Å². The van der Waals surface area contributed by atoms with Crippen LogP contribution in [0.15, 0.2) is 24.7 Å². The van der Waals surface area contributed by atoms with Gasteiger partial charge < -0.3 is 4.40 Å². The molecule has 12 heavy (non-hydrogen) atoms. The molecule has 2 heterocycles. The summed E-state index contributed by atoms with van der Waals surface area (Å²) in [5, 5.41) is 0. The molecule has 0 fully saturated rings. The summed E-state index contributed by atoms with van der Waals surface area (Å²) in [6.45, 7) is 1.99. The van der Waals surface area contributed by atoms with Crippen molar-refractivity contribution in [3.8, 4) is 0 Å². The van der Waals surface area contributed by atoms with Gasteiger partial charge in [0.2, 0.25) is 0 Å². The molecule has 3 heteroatoms. The van der Waals surface area contributed by atoms with Gasteiger partial charge in [-0.25, -0.2) is 9.37 Å². The molecule has 0 spiro atoms. The van der Waals surface area contributed by atoms with Crippen molar-refractivity contribution in [1.29, 1.82) is 0 Å². The monoisotopic (exact) mass is 164 g/mol. The standard InChI is InChI=1S/C9H9FN2/c1-2-8-3-7(10)4-9-5-11-6-12(8)9/h3-6H,2H2,1H3. The maximum atomic E-state index is 12.9. The Morgan fingerprint density at radius 1 is 1.50 bits per heavy atom. The number of fused-ring (bicyclic) bond motifs is 1. The molecule has 2 aromatic rings. The SMILES string of the molecule is CCc1cc(F)cc2cncn12. The fourth-order valence-corrected chi connectivity index (χ4v) is 1.34. The van der Waals surface area contributed by atoms with Gasteiger partial charge in [0.25, 0.3) is 0 Å². The number of pyridine rings is 1. The van der Waals surface area contributed by atoms with Crippen LogP contribution in [0.2, 0.25) is 0 Å². The van der Waals surface area contributed by atoms with Crippen LogP contribution in [0.1, 0.15) is 12.6 Å². The van der Waals surface area contributed by atoms with E-state index in [0.717, 1.165) is 17.6 Å². The van der Waals surface area contributed by atoms with Crippen LogP contribution in [0.4, 0.5) is 4.39 Å². The number of halogens is 1. The summed E-state index contributed by atoms with van der Waals surface area (Å²) < 4.78 is 14.8. The lowest BCUT2D eigenvalue weighted by molar-refractivity contribution is 0.623. The van der Waals surface area contributed by atoms with Crippen molar-refractivity contribution in [3.05, 3.63) is 36.2 Å². The van der Waals surface area contributed by atoms with Crippen LogP contribution in [0, 0.1) is 5.82 Å². The van der Waals surface area contributed by atoms with Gasteiger partial charge in [-0.1, -0.05) is 6.92 Å². The zero-order valence-electron chi connectivity index (χ0n) is 6.79. The Hall–Kier alpha value is -1.38. The third kappa shape index (κ3) is 0.978. The Morgan fingerprint density at radius 2 is 2.33 bits per heavy atom. The van der Waals surface area contributed by atoms with E-state index in [-0.39, 0.29) is 5.82 Å². The Morgan fingerprint density at radius 3 is 3.08 bits per heavy atom. The molecule has 62 valence electrons. The molecule has 0 radical (unpaired) electrons. The highest BCUT2D eigenvalue weighted by Gasteiger charge is 2.01. The molecular weight excluding hydrogens is 155 g/mol. The minimum Gasteiger partial charge on any atom is -0.303 e. The predicted octanol–water partition coefficient (Wildman–Crippen LogP) is 2.04. The first-order valence-electron chi connectivity index (χ1n) is 3.91. The van der Waals surface area contributed by atoms with Crippen molar-refractivity contribution in [2.24, 2.45) is 0 Å². The molecule has 0 aliphatic carbocycles. The second-order valence-corrected chi connectivity index (χ2v) is 2.71. The molecule has 0 unspecified atom stereocenters. The lowest BCUT2D eigenvalue weighted by atomic mass is 10.2. The molecule has 0 aromatic carbocycles. The Kier molecular flexibility index (Phi) is 1.57. The molecule has 0 saturated carbocycles. The molecule has 0 saturated heterocycles.